The average Bonchev–Trinajstić information content (AvgIpc) is 3.81. The van der Waals surface area contributed by atoms with Crippen LogP contribution in [0, 0.1) is 29.1 Å². The van der Waals surface area contributed by atoms with Crippen LogP contribution in [-0.2, 0) is 43.0 Å². The molecule has 0 unspecified atom stereocenters. The molecule has 3 rings (SSSR count). The Morgan fingerprint density at radius 1 is 0.871 bits per heavy atom. The van der Waals surface area contributed by atoms with Crippen molar-refractivity contribution in [2.75, 3.05) is 41.4 Å². The predicted molar refractivity (Wildman–Crippen MR) is 265 cm³/mol. The van der Waals surface area contributed by atoms with E-state index in [9.17, 15) is 38.7 Å². The molecule has 1 aliphatic heterocycles. The van der Waals surface area contributed by atoms with Gasteiger partial charge in [-0.1, -0.05) is 98.2 Å². The fourth-order valence-corrected chi connectivity index (χ4v) is 9.93. The number of carbonyl (C=O) groups is 7. The number of carboxylic acids is 1. The fraction of sp³-hybridized carbons (Fsp3) is 0.712. The summed E-state index contributed by atoms with van der Waals surface area (Å²) in [7, 11) is 6.15. The van der Waals surface area contributed by atoms with E-state index in [4.69, 9.17) is 19.3 Å². The molecule has 5 N–H and O–H groups in total. The molecule has 0 saturated carbocycles. The number of amides is 6. The molecule has 1 aliphatic carbocycles. The number of aliphatic hydroxyl groups is 1. The number of hydrogen-bond acceptors (Lipinski definition) is 11. The maximum atomic E-state index is 14.7. The maximum Gasteiger partial charge on any atom is 0.410 e. The lowest BCUT2D eigenvalue weighted by molar-refractivity contribution is -0.148. The number of aliphatic hydroxyl groups excluding tert-OH is 1. The molecular weight excluding hydrogens is 901 g/mol. The molecule has 1 aromatic rings. The summed E-state index contributed by atoms with van der Waals surface area (Å²) in [6, 6.07) is 5.45. The van der Waals surface area contributed by atoms with Crippen molar-refractivity contribution in [3.63, 3.8) is 0 Å². The van der Waals surface area contributed by atoms with Crippen LogP contribution < -0.4 is 16.0 Å². The van der Waals surface area contributed by atoms with Gasteiger partial charge in [0.25, 0.3) is 0 Å². The fourth-order valence-electron chi connectivity index (χ4n) is 9.93. The zero-order valence-corrected chi connectivity index (χ0v) is 43.9. The number of methoxy groups -OCH3 is 2. The summed E-state index contributed by atoms with van der Waals surface area (Å²) in [5, 5.41) is 28.3. The topological polar surface area (TPSA) is 233 Å². The third-order valence-electron chi connectivity index (χ3n) is 14.5. The zero-order chi connectivity index (χ0) is 52.6. The lowest BCUT2D eigenvalue weighted by atomic mass is 9.78. The van der Waals surface area contributed by atoms with Gasteiger partial charge in [0.1, 0.15) is 24.7 Å². The molecule has 1 aromatic carbocycles. The molecule has 12 atom stereocenters. The standard InChI is InChI=1S/C52H84N6O12/c1-14-33(6)44(39(68-12)29-40(59)58-28-20-24-38(58)46(69-13)34(7)47(63)54-35(8)45(62)36-21-16-15-17-22-36)56(10)49(65)42(31(2)3)55-48(64)43(32(4)5)57(11)51(67)70-37-23-18-19-26-52(9,27-25-37)50(66)53-30-41(60)61/h15-18,21-23,31-35,37-39,42-46,62H,14,19-20,24-30H2,1-13H3,(H,53,66)(H,54,63)(H,55,64)(H,60,61)/b23-18+/t33-,34+,35+,37-,38-,39+,42-,43-,44-,45+,46+,52+/m0/s1. The molecule has 70 heavy (non-hydrogen) atoms. The highest BCUT2D eigenvalue weighted by molar-refractivity contribution is 5.92. The van der Waals surface area contributed by atoms with Crippen LogP contribution in [0.3, 0.4) is 0 Å². The number of nitrogens with zero attached hydrogens (tertiary/aromatic N) is 3. The van der Waals surface area contributed by atoms with Gasteiger partial charge in [0.15, 0.2) is 0 Å². The number of hydrogen-bond donors (Lipinski definition) is 5. The Bertz CT molecular complexity index is 1930. The SMILES string of the molecule is CC[C@H](C)[C@@H]([C@@H](CC(=O)N1CCC[C@H]1[C@H](OC)[C@@H](C)C(=O)N[C@H](C)[C@@H](O)c1ccccc1)OC)N(C)C(=O)[C@@H](NC(=O)[C@H](C(C)C)N(C)C(=O)O[C@H]1/C=C/CC[C@@](C)(C(=O)NCC(=O)O)CC1)C(C)C. The lowest BCUT2D eigenvalue weighted by Gasteiger charge is -2.41. The normalized spacial score (nSPS) is 22.7. The lowest BCUT2D eigenvalue weighted by Crippen LogP contribution is -2.60. The molecule has 0 aromatic heterocycles. The van der Waals surface area contributed by atoms with Crippen molar-refractivity contribution in [3.05, 3.63) is 48.0 Å². The first-order chi connectivity index (χ1) is 32.9. The number of benzene rings is 1. The number of nitrogens with one attached hydrogen (secondary N) is 3. The third-order valence-corrected chi connectivity index (χ3v) is 14.5. The number of likely N-dealkylation sites (N-methyl/N-ethyl adjacent to an activating group) is 2. The molecule has 0 bridgehead atoms. The molecule has 394 valence electrons. The van der Waals surface area contributed by atoms with Crippen LogP contribution in [0.5, 0.6) is 0 Å². The van der Waals surface area contributed by atoms with E-state index in [-0.39, 0.29) is 36.0 Å². The number of rotatable bonds is 24. The van der Waals surface area contributed by atoms with Crippen molar-refractivity contribution in [2.45, 2.75) is 168 Å². The smallest absolute Gasteiger partial charge is 0.410 e. The van der Waals surface area contributed by atoms with E-state index in [2.05, 4.69) is 16.0 Å². The molecule has 1 fully saturated rings. The van der Waals surface area contributed by atoms with E-state index >= 15 is 0 Å². The van der Waals surface area contributed by atoms with E-state index < -0.39 is 102 Å². The van der Waals surface area contributed by atoms with Gasteiger partial charge in [-0.15, -0.1) is 0 Å². The van der Waals surface area contributed by atoms with Crippen molar-refractivity contribution in [3.8, 4) is 0 Å². The summed E-state index contributed by atoms with van der Waals surface area (Å²) >= 11 is 0. The third kappa shape index (κ3) is 15.7. The second-order valence-electron chi connectivity index (χ2n) is 20.3. The van der Waals surface area contributed by atoms with Gasteiger partial charge < -0.3 is 50.2 Å². The Hall–Kier alpha value is -5.07. The predicted octanol–water partition coefficient (Wildman–Crippen LogP) is 5.08. The van der Waals surface area contributed by atoms with E-state index in [0.717, 1.165) is 0 Å². The monoisotopic (exact) mass is 985 g/mol. The van der Waals surface area contributed by atoms with E-state index in [1.807, 2.05) is 52.0 Å². The Morgan fingerprint density at radius 2 is 1.53 bits per heavy atom. The Kier molecular flexibility index (Phi) is 23.3. The first kappa shape index (κ1) is 59.2. The maximum absolute atomic E-state index is 14.7. The highest BCUT2D eigenvalue weighted by Crippen LogP contribution is 2.34. The Balaban J connectivity index is 1.75. The minimum atomic E-state index is -1.15. The summed E-state index contributed by atoms with van der Waals surface area (Å²) in [6.07, 6.45) is 3.31. The second kappa shape index (κ2) is 27.5. The van der Waals surface area contributed by atoms with Crippen molar-refractivity contribution in [1.82, 2.24) is 30.7 Å². The van der Waals surface area contributed by atoms with Crippen LogP contribution in [-0.4, -0.2) is 156 Å². The molecule has 2 aliphatic rings. The largest absolute Gasteiger partial charge is 0.480 e. The van der Waals surface area contributed by atoms with Crippen LogP contribution in [0.4, 0.5) is 4.79 Å². The van der Waals surface area contributed by atoms with E-state index in [0.29, 0.717) is 57.1 Å². The van der Waals surface area contributed by atoms with Crippen LogP contribution in [0.25, 0.3) is 0 Å². The highest BCUT2D eigenvalue weighted by atomic mass is 16.6. The van der Waals surface area contributed by atoms with Gasteiger partial charge in [-0.05, 0) is 74.8 Å². The van der Waals surface area contributed by atoms with Crippen molar-refractivity contribution >= 4 is 41.6 Å². The van der Waals surface area contributed by atoms with Crippen LogP contribution in [0.15, 0.2) is 42.5 Å². The van der Waals surface area contributed by atoms with Crippen LogP contribution in [0.2, 0.25) is 0 Å². The first-order valence-electron chi connectivity index (χ1n) is 25.0. The zero-order valence-electron chi connectivity index (χ0n) is 43.9. The van der Waals surface area contributed by atoms with Gasteiger partial charge in [-0.2, -0.15) is 0 Å². The minimum Gasteiger partial charge on any atom is -0.480 e. The molecule has 1 saturated heterocycles. The number of likely N-dealkylation sites (tertiary alicyclic amines) is 1. The number of allylic oxidation sites excluding steroid dienone is 1. The molecule has 0 radical (unpaired) electrons. The molecule has 18 nitrogen and oxygen atoms in total. The molecular formula is C52H84N6O12. The van der Waals surface area contributed by atoms with Gasteiger partial charge in [-0.25, -0.2) is 4.79 Å². The first-order valence-corrected chi connectivity index (χ1v) is 25.0. The van der Waals surface area contributed by atoms with Gasteiger partial charge in [0.05, 0.1) is 48.8 Å². The molecule has 0 spiro atoms. The van der Waals surface area contributed by atoms with Gasteiger partial charge >= 0.3 is 12.1 Å². The quantitative estimate of drug-likeness (QED) is 0.0854. The minimum absolute atomic E-state index is 0.0642. The summed E-state index contributed by atoms with van der Waals surface area (Å²) in [4.78, 5) is 99.2. The molecule has 6 amide bonds. The van der Waals surface area contributed by atoms with E-state index in [1.165, 1.54) is 26.2 Å². The molecule has 18 heteroatoms. The summed E-state index contributed by atoms with van der Waals surface area (Å²) in [5.41, 5.74) is -0.200. The van der Waals surface area contributed by atoms with Crippen molar-refractivity contribution in [1.29, 1.82) is 0 Å². The van der Waals surface area contributed by atoms with Gasteiger partial charge in [-0.3, -0.25) is 33.7 Å². The second-order valence-corrected chi connectivity index (χ2v) is 20.3. The Labute approximate surface area is 416 Å². The molecule has 1 heterocycles. The van der Waals surface area contributed by atoms with Crippen LogP contribution in [0.1, 0.15) is 125 Å². The van der Waals surface area contributed by atoms with Gasteiger partial charge in [0.2, 0.25) is 29.5 Å². The number of aliphatic carboxylic acids is 1. The van der Waals surface area contributed by atoms with Crippen LogP contribution >= 0.6 is 0 Å². The number of carbonyl (C=O) groups excluding carboxylic acids is 6. The average molecular weight is 985 g/mol. The highest BCUT2D eigenvalue weighted by Gasteiger charge is 2.44. The summed E-state index contributed by atoms with van der Waals surface area (Å²) < 4.78 is 17.9. The van der Waals surface area contributed by atoms with E-state index in [1.54, 1.807) is 69.7 Å². The Morgan fingerprint density at radius 3 is 2.10 bits per heavy atom. The summed E-state index contributed by atoms with van der Waals surface area (Å²) in [5.74, 6) is -4.59. The number of ether oxygens (including phenoxy) is 3. The van der Waals surface area contributed by atoms with Crippen molar-refractivity contribution in [2.24, 2.45) is 29.1 Å². The number of carboxylic acid groups (broad SMARTS) is 1. The van der Waals surface area contributed by atoms with Crippen molar-refractivity contribution < 1.29 is 58.0 Å². The summed E-state index contributed by atoms with van der Waals surface area (Å²) in [6.45, 7) is 16.4. The van der Waals surface area contributed by atoms with Gasteiger partial charge in [0, 0.05) is 40.3 Å².